The third-order valence-electron chi connectivity index (χ3n) is 6.05. The fourth-order valence-electron chi connectivity index (χ4n) is 4.32. The summed E-state index contributed by atoms with van der Waals surface area (Å²) in [5.74, 6) is 0. The van der Waals surface area contributed by atoms with Crippen molar-refractivity contribution >= 4 is 21.9 Å². The number of furan rings is 1. The van der Waals surface area contributed by atoms with Crippen LogP contribution in [0, 0.1) is 0 Å². The largest absolute Gasteiger partial charge is 0.462 e. The second-order valence-corrected chi connectivity index (χ2v) is 9.24. The molecule has 0 aliphatic rings. The smallest absolute Gasteiger partial charge is 0.160 e. The molecule has 0 saturated carbocycles. The van der Waals surface area contributed by atoms with Crippen molar-refractivity contribution in [1.82, 2.24) is 4.98 Å². The van der Waals surface area contributed by atoms with Gasteiger partial charge >= 0.3 is 0 Å². The Hall–Kier alpha value is -3.39. The molecule has 0 aliphatic heterocycles. The van der Waals surface area contributed by atoms with E-state index in [0.717, 1.165) is 39.9 Å². The number of rotatable bonds is 3. The second kappa shape index (κ2) is 7.39. The van der Waals surface area contributed by atoms with Crippen molar-refractivity contribution in [3.05, 3.63) is 90.2 Å². The van der Waals surface area contributed by atoms with Crippen LogP contribution >= 0.6 is 0 Å². The van der Waals surface area contributed by atoms with Gasteiger partial charge < -0.3 is 4.42 Å². The van der Waals surface area contributed by atoms with Gasteiger partial charge in [0.1, 0.15) is 5.52 Å². The van der Waals surface area contributed by atoms with E-state index in [1.165, 1.54) is 21.9 Å². The second-order valence-electron chi connectivity index (χ2n) is 9.24. The van der Waals surface area contributed by atoms with Gasteiger partial charge in [0.05, 0.1) is 12.0 Å². The molecule has 2 heteroatoms. The molecule has 0 aliphatic carbocycles. The van der Waals surface area contributed by atoms with E-state index in [0.29, 0.717) is 0 Å². The molecule has 5 aromatic rings. The van der Waals surface area contributed by atoms with E-state index >= 15 is 0 Å². The van der Waals surface area contributed by atoms with Gasteiger partial charge in [-0.3, -0.25) is 0 Å². The Morgan fingerprint density at radius 1 is 0.839 bits per heavy atom. The maximum atomic E-state index is 5.84. The highest BCUT2D eigenvalue weighted by Crippen LogP contribution is 2.37. The molecular weight excluding hydrogens is 378 g/mol. The molecule has 2 heterocycles. The van der Waals surface area contributed by atoms with Crippen LogP contribution in [0.4, 0.5) is 0 Å². The first-order valence-corrected chi connectivity index (χ1v) is 11.0. The van der Waals surface area contributed by atoms with E-state index in [2.05, 4.69) is 94.4 Å². The summed E-state index contributed by atoms with van der Waals surface area (Å²) in [5.41, 5.74) is 8.77. The van der Waals surface area contributed by atoms with Gasteiger partial charge in [0.25, 0.3) is 0 Å². The van der Waals surface area contributed by atoms with Crippen LogP contribution in [0.15, 0.2) is 83.5 Å². The molecule has 3 aromatic carbocycles. The van der Waals surface area contributed by atoms with E-state index in [4.69, 9.17) is 9.40 Å². The first-order chi connectivity index (χ1) is 14.9. The highest BCUT2D eigenvalue weighted by Gasteiger charge is 2.19. The predicted molar refractivity (Wildman–Crippen MR) is 130 cm³/mol. The Labute approximate surface area is 183 Å². The molecule has 0 amide bonds. The summed E-state index contributed by atoms with van der Waals surface area (Å²) in [6.07, 6.45) is 2.76. The molecule has 2 aromatic heterocycles. The minimum Gasteiger partial charge on any atom is -0.462 e. The normalized spacial score (nSPS) is 12.0. The van der Waals surface area contributed by atoms with Crippen molar-refractivity contribution in [2.75, 3.05) is 0 Å². The number of aryl methyl sites for hydroxylation is 1. The van der Waals surface area contributed by atoms with Crippen molar-refractivity contribution in [2.45, 2.75) is 39.5 Å². The van der Waals surface area contributed by atoms with Gasteiger partial charge in [0.15, 0.2) is 5.58 Å². The van der Waals surface area contributed by atoms with E-state index in [1.807, 2.05) is 6.07 Å². The quantitative estimate of drug-likeness (QED) is 0.302. The fraction of sp³-hybridized carbons (Fsp3) is 0.207. The first-order valence-electron chi connectivity index (χ1n) is 11.0. The van der Waals surface area contributed by atoms with Gasteiger partial charge in [0, 0.05) is 17.2 Å². The number of benzene rings is 3. The zero-order valence-corrected chi connectivity index (χ0v) is 18.6. The van der Waals surface area contributed by atoms with Crippen molar-refractivity contribution in [3.63, 3.8) is 0 Å². The molecule has 0 atom stereocenters. The lowest BCUT2D eigenvalue weighted by atomic mass is 9.82. The zero-order chi connectivity index (χ0) is 21.6. The Morgan fingerprint density at radius 2 is 1.61 bits per heavy atom. The topological polar surface area (TPSA) is 26.0 Å². The fourth-order valence-corrected chi connectivity index (χ4v) is 4.32. The SMILES string of the molecule is CCc1ccc(-c2cc(-c3cc(C(C)(C)C)c4ccccc4c3)nc3ccoc23)cc1. The van der Waals surface area contributed by atoms with E-state index in [-0.39, 0.29) is 5.41 Å². The number of hydrogen-bond donors (Lipinski definition) is 0. The average molecular weight is 406 g/mol. The number of aromatic nitrogens is 1. The summed E-state index contributed by atoms with van der Waals surface area (Å²) in [5, 5.41) is 2.55. The van der Waals surface area contributed by atoms with Gasteiger partial charge in [-0.25, -0.2) is 4.98 Å². The van der Waals surface area contributed by atoms with Crippen molar-refractivity contribution in [1.29, 1.82) is 0 Å². The van der Waals surface area contributed by atoms with Crippen molar-refractivity contribution < 1.29 is 4.42 Å². The molecule has 0 radical (unpaired) electrons. The summed E-state index contributed by atoms with van der Waals surface area (Å²) in [7, 11) is 0. The third-order valence-corrected chi connectivity index (χ3v) is 6.05. The maximum absolute atomic E-state index is 5.84. The highest BCUT2D eigenvalue weighted by atomic mass is 16.3. The first kappa shape index (κ1) is 19.6. The summed E-state index contributed by atoms with van der Waals surface area (Å²) in [6.45, 7) is 8.99. The van der Waals surface area contributed by atoms with Crippen LogP contribution in [0.25, 0.3) is 44.3 Å². The van der Waals surface area contributed by atoms with E-state index in [1.54, 1.807) is 6.26 Å². The van der Waals surface area contributed by atoms with Gasteiger partial charge in [-0.15, -0.1) is 0 Å². The number of fused-ring (bicyclic) bond motifs is 2. The van der Waals surface area contributed by atoms with Gasteiger partial charge in [-0.2, -0.15) is 0 Å². The average Bonchev–Trinajstić information content (AvgIpc) is 3.26. The zero-order valence-electron chi connectivity index (χ0n) is 18.6. The third kappa shape index (κ3) is 3.53. The van der Waals surface area contributed by atoms with Gasteiger partial charge in [-0.1, -0.05) is 76.2 Å². The van der Waals surface area contributed by atoms with Crippen LogP contribution in [0.2, 0.25) is 0 Å². The Morgan fingerprint density at radius 3 is 2.35 bits per heavy atom. The predicted octanol–water partition coefficient (Wildman–Crippen LogP) is 8.17. The molecule has 2 nitrogen and oxygen atoms in total. The summed E-state index contributed by atoms with van der Waals surface area (Å²) in [4.78, 5) is 4.96. The molecule has 0 bridgehead atoms. The Bertz CT molecular complexity index is 1380. The molecule has 0 N–H and O–H groups in total. The lowest BCUT2D eigenvalue weighted by molar-refractivity contribution is 0.596. The van der Waals surface area contributed by atoms with E-state index < -0.39 is 0 Å². The molecule has 154 valence electrons. The van der Waals surface area contributed by atoms with Crippen LogP contribution in [0.3, 0.4) is 0 Å². The van der Waals surface area contributed by atoms with E-state index in [9.17, 15) is 0 Å². The molecule has 0 fully saturated rings. The van der Waals surface area contributed by atoms with Gasteiger partial charge in [-0.05, 0) is 57.5 Å². The molecule has 0 saturated heterocycles. The Balaban J connectivity index is 1.75. The van der Waals surface area contributed by atoms with Crippen LogP contribution in [-0.4, -0.2) is 4.98 Å². The summed E-state index contributed by atoms with van der Waals surface area (Å²) < 4.78 is 5.84. The minimum absolute atomic E-state index is 0.0359. The highest BCUT2D eigenvalue weighted by molar-refractivity contribution is 5.95. The lowest BCUT2D eigenvalue weighted by Crippen LogP contribution is -2.12. The number of pyridine rings is 1. The summed E-state index contributed by atoms with van der Waals surface area (Å²) in [6, 6.07) is 26.1. The molecule has 0 unspecified atom stereocenters. The van der Waals surface area contributed by atoms with Crippen LogP contribution in [-0.2, 0) is 11.8 Å². The molecule has 0 spiro atoms. The molecular formula is C29H27NO. The van der Waals surface area contributed by atoms with Gasteiger partial charge in [0.2, 0.25) is 0 Å². The monoisotopic (exact) mass is 405 g/mol. The lowest BCUT2D eigenvalue weighted by Gasteiger charge is -2.23. The van der Waals surface area contributed by atoms with Crippen molar-refractivity contribution in [2.24, 2.45) is 0 Å². The maximum Gasteiger partial charge on any atom is 0.160 e. The minimum atomic E-state index is 0.0359. The number of hydrogen-bond acceptors (Lipinski definition) is 2. The molecule has 5 rings (SSSR count). The summed E-state index contributed by atoms with van der Waals surface area (Å²) >= 11 is 0. The number of nitrogens with zero attached hydrogens (tertiary/aromatic N) is 1. The molecule has 31 heavy (non-hydrogen) atoms. The van der Waals surface area contributed by atoms with Crippen LogP contribution < -0.4 is 0 Å². The van der Waals surface area contributed by atoms with Crippen LogP contribution in [0.5, 0.6) is 0 Å². The van der Waals surface area contributed by atoms with Crippen LogP contribution in [0.1, 0.15) is 38.8 Å². The standard InChI is InChI=1S/C29H27NO/c1-5-19-10-12-20(13-11-19)24-18-27(30-26-14-15-31-28(24)26)22-16-21-8-6-7-9-23(21)25(17-22)29(2,3)4/h6-18H,5H2,1-4H3. The van der Waals surface area contributed by atoms with Crippen molar-refractivity contribution in [3.8, 4) is 22.4 Å². The Kier molecular flexibility index (Phi) is 4.66.